The number of para-hydroxylation sites is 1. The number of rotatable bonds is 3. The minimum absolute atomic E-state index is 0.919. The third-order valence-corrected chi connectivity index (χ3v) is 6.70. The van der Waals surface area contributed by atoms with Crippen molar-refractivity contribution in [3.05, 3.63) is 128 Å². The highest BCUT2D eigenvalue weighted by Crippen LogP contribution is 2.30. The van der Waals surface area contributed by atoms with Gasteiger partial charge in [-0.05, 0) is 41.5 Å². The van der Waals surface area contributed by atoms with Crippen LogP contribution in [0.2, 0.25) is 0 Å². The molecule has 0 aliphatic rings. The van der Waals surface area contributed by atoms with Crippen LogP contribution >= 0.6 is 0 Å². The Kier molecular flexibility index (Phi) is 4.78. The normalized spacial score (nSPS) is 11.3. The van der Waals surface area contributed by atoms with E-state index in [9.17, 15) is 0 Å². The van der Waals surface area contributed by atoms with Crippen LogP contribution in [0.5, 0.6) is 0 Å². The van der Waals surface area contributed by atoms with Crippen molar-refractivity contribution in [1.82, 2.24) is 15.0 Å². The second kappa shape index (κ2) is 8.40. The lowest BCUT2D eigenvalue weighted by atomic mass is 10.0. The van der Waals surface area contributed by atoms with Crippen molar-refractivity contribution in [2.24, 2.45) is 0 Å². The Bertz CT molecular complexity index is 1890. The summed E-state index contributed by atoms with van der Waals surface area (Å²) in [6.07, 6.45) is 1.83. The molecule has 0 fully saturated rings. The molecular weight excluding hydrogens is 438 g/mol. The van der Waals surface area contributed by atoms with Crippen LogP contribution in [0.15, 0.2) is 128 Å². The monoisotopic (exact) mass is 459 g/mol. The lowest BCUT2D eigenvalue weighted by molar-refractivity contribution is 1.36. The van der Waals surface area contributed by atoms with E-state index in [0.717, 1.165) is 55.2 Å². The van der Waals surface area contributed by atoms with Gasteiger partial charge in [0.25, 0.3) is 0 Å². The maximum Gasteiger partial charge on any atom is 0.0795 e. The second-order valence-corrected chi connectivity index (χ2v) is 8.95. The van der Waals surface area contributed by atoms with Crippen molar-refractivity contribution in [1.29, 1.82) is 0 Å². The molecule has 7 rings (SSSR count). The van der Waals surface area contributed by atoms with Crippen LogP contribution in [0.1, 0.15) is 0 Å². The van der Waals surface area contributed by atoms with Crippen molar-refractivity contribution in [3.63, 3.8) is 0 Å². The quantitative estimate of drug-likeness (QED) is 0.267. The number of hydrogen-bond acceptors (Lipinski definition) is 3. The first kappa shape index (κ1) is 20.5. The maximum atomic E-state index is 5.03. The fourth-order valence-electron chi connectivity index (χ4n) is 4.83. The molecule has 4 aromatic carbocycles. The van der Waals surface area contributed by atoms with Gasteiger partial charge in [-0.2, -0.15) is 0 Å². The maximum absolute atomic E-state index is 5.03. The zero-order valence-electron chi connectivity index (χ0n) is 19.5. The van der Waals surface area contributed by atoms with Gasteiger partial charge in [0, 0.05) is 33.5 Å². The molecule has 0 saturated carbocycles. The van der Waals surface area contributed by atoms with Gasteiger partial charge in [-0.3, -0.25) is 4.98 Å². The van der Waals surface area contributed by atoms with E-state index in [1.165, 1.54) is 11.1 Å². The summed E-state index contributed by atoms with van der Waals surface area (Å²) in [5.41, 5.74) is 9.20. The fourth-order valence-corrected chi connectivity index (χ4v) is 4.83. The highest BCUT2D eigenvalue weighted by Gasteiger charge is 2.09. The molecular formula is C33H21N3. The van der Waals surface area contributed by atoms with Crippen LogP contribution in [-0.4, -0.2) is 15.0 Å². The molecule has 0 bridgehead atoms. The Morgan fingerprint density at radius 3 is 1.92 bits per heavy atom. The Balaban J connectivity index is 1.32. The van der Waals surface area contributed by atoms with E-state index in [4.69, 9.17) is 9.97 Å². The number of nitrogens with zero attached hydrogens (tertiary/aromatic N) is 3. The summed E-state index contributed by atoms with van der Waals surface area (Å²) in [4.78, 5) is 14.7. The fraction of sp³-hybridized carbons (Fsp3) is 0. The number of aromatic nitrogens is 3. The van der Waals surface area contributed by atoms with Crippen LogP contribution in [-0.2, 0) is 0 Å². The lowest BCUT2D eigenvalue weighted by Crippen LogP contribution is -1.90. The van der Waals surface area contributed by atoms with Gasteiger partial charge in [-0.15, -0.1) is 0 Å². The number of pyridine rings is 3. The highest BCUT2D eigenvalue weighted by molar-refractivity contribution is 5.95. The SMILES string of the molecule is c1ccc(-c2ccc3ccc(-c4ccc5ccc(-c6cccc7cccnc67)nc5c4)nc3c2)cc1. The molecule has 3 aromatic heterocycles. The van der Waals surface area contributed by atoms with Gasteiger partial charge in [0.1, 0.15) is 0 Å². The van der Waals surface area contributed by atoms with Crippen molar-refractivity contribution in [2.75, 3.05) is 0 Å². The molecule has 168 valence electrons. The molecule has 0 saturated heterocycles. The summed E-state index contributed by atoms with van der Waals surface area (Å²) in [6, 6.07) is 42.0. The molecule has 0 radical (unpaired) electrons. The van der Waals surface area contributed by atoms with Crippen molar-refractivity contribution < 1.29 is 0 Å². The minimum Gasteiger partial charge on any atom is -0.256 e. The van der Waals surface area contributed by atoms with Gasteiger partial charge in [-0.1, -0.05) is 91.0 Å². The van der Waals surface area contributed by atoms with Crippen LogP contribution < -0.4 is 0 Å². The molecule has 0 spiro atoms. The zero-order valence-corrected chi connectivity index (χ0v) is 19.5. The molecule has 0 unspecified atom stereocenters. The van der Waals surface area contributed by atoms with Crippen molar-refractivity contribution in [3.8, 4) is 33.6 Å². The molecule has 0 amide bonds. The lowest BCUT2D eigenvalue weighted by Gasteiger charge is -2.09. The van der Waals surface area contributed by atoms with Gasteiger partial charge < -0.3 is 0 Å². The van der Waals surface area contributed by atoms with E-state index < -0.39 is 0 Å². The van der Waals surface area contributed by atoms with Gasteiger partial charge in [0.15, 0.2) is 0 Å². The Labute approximate surface area is 208 Å². The minimum atomic E-state index is 0.919. The standard InChI is InChI=1S/C33H21N3/c1-2-6-22(7-3-1)26-13-11-23-15-17-29(35-31(23)20-26)27-14-12-24-16-18-30(36-32(24)21-27)28-10-4-8-25-9-5-19-34-33(25)28/h1-21H. The van der Waals surface area contributed by atoms with E-state index in [-0.39, 0.29) is 0 Å². The Morgan fingerprint density at radius 1 is 0.417 bits per heavy atom. The molecule has 36 heavy (non-hydrogen) atoms. The van der Waals surface area contributed by atoms with Gasteiger partial charge >= 0.3 is 0 Å². The summed E-state index contributed by atoms with van der Waals surface area (Å²) in [5, 5.41) is 3.34. The van der Waals surface area contributed by atoms with Gasteiger partial charge in [0.2, 0.25) is 0 Å². The topological polar surface area (TPSA) is 38.7 Å². The molecule has 3 heterocycles. The summed E-state index contributed by atoms with van der Waals surface area (Å²) in [6.45, 7) is 0. The third kappa shape index (κ3) is 3.58. The largest absolute Gasteiger partial charge is 0.256 e. The Hall–Kier alpha value is -4.89. The molecule has 0 N–H and O–H groups in total. The second-order valence-electron chi connectivity index (χ2n) is 8.95. The molecule has 0 aliphatic carbocycles. The van der Waals surface area contributed by atoms with Gasteiger partial charge in [-0.25, -0.2) is 9.97 Å². The van der Waals surface area contributed by atoms with E-state index in [0.29, 0.717) is 0 Å². The van der Waals surface area contributed by atoms with E-state index in [2.05, 4.69) is 114 Å². The summed E-state index contributed by atoms with van der Waals surface area (Å²) < 4.78 is 0. The average Bonchev–Trinajstić information content (AvgIpc) is 2.96. The summed E-state index contributed by atoms with van der Waals surface area (Å²) >= 11 is 0. The Morgan fingerprint density at radius 2 is 1.08 bits per heavy atom. The van der Waals surface area contributed by atoms with E-state index in [1.54, 1.807) is 0 Å². The predicted molar refractivity (Wildman–Crippen MR) is 149 cm³/mol. The molecule has 0 atom stereocenters. The zero-order chi connectivity index (χ0) is 23.9. The van der Waals surface area contributed by atoms with Crippen LogP contribution in [0.3, 0.4) is 0 Å². The van der Waals surface area contributed by atoms with Crippen LogP contribution in [0.25, 0.3) is 66.4 Å². The molecule has 0 aliphatic heterocycles. The molecule has 7 aromatic rings. The smallest absolute Gasteiger partial charge is 0.0795 e. The first-order valence-electron chi connectivity index (χ1n) is 12.0. The molecule has 3 heteroatoms. The summed E-state index contributed by atoms with van der Waals surface area (Å²) in [7, 11) is 0. The third-order valence-electron chi connectivity index (χ3n) is 6.70. The predicted octanol–water partition coefficient (Wildman–Crippen LogP) is 8.33. The highest BCUT2D eigenvalue weighted by atomic mass is 14.7. The molecule has 3 nitrogen and oxygen atoms in total. The van der Waals surface area contributed by atoms with Gasteiger partial charge in [0.05, 0.1) is 27.9 Å². The van der Waals surface area contributed by atoms with Crippen LogP contribution in [0, 0.1) is 0 Å². The van der Waals surface area contributed by atoms with Crippen LogP contribution in [0.4, 0.5) is 0 Å². The first-order valence-corrected chi connectivity index (χ1v) is 12.0. The number of hydrogen-bond donors (Lipinski definition) is 0. The van der Waals surface area contributed by atoms with Crippen molar-refractivity contribution >= 4 is 32.7 Å². The first-order chi connectivity index (χ1) is 17.8. The number of benzene rings is 4. The number of fused-ring (bicyclic) bond motifs is 3. The van der Waals surface area contributed by atoms with E-state index >= 15 is 0 Å². The van der Waals surface area contributed by atoms with Crippen molar-refractivity contribution in [2.45, 2.75) is 0 Å². The summed E-state index contributed by atoms with van der Waals surface area (Å²) in [5.74, 6) is 0. The average molecular weight is 460 g/mol. The van der Waals surface area contributed by atoms with E-state index in [1.807, 2.05) is 18.3 Å².